The molecule has 2 aromatic carbocycles. The molecule has 3 rings (SSSR count). The number of carbonyl (C=O) groups is 3. The fourth-order valence-electron chi connectivity index (χ4n) is 4.43. The summed E-state index contributed by atoms with van der Waals surface area (Å²) in [6.45, 7) is 1.75. The van der Waals surface area contributed by atoms with Gasteiger partial charge in [-0.2, -0.15) is 0 Å². The summed E-state index contributed by atoms with van der Waals surface area (Å²) < 4.78 is 10.8. The second kappa shape index (κ2) is 11.3. The van der Waals surface area contributed by atoms with Gasteiger partial charge < -0.3 is 30.1 Å². The number of nitrogens with one attached hydrogen (secondary N) is 2. The zero-order valence-corrected chi connectivity index (χ0v) is 20.5. The number of carboxylic acids is 1. The Morgan fingerprint density at radius 1 is 1.06 bits per heavy atom. The van der Waals surface area contributed by atoms with Crippen molar-refractivity contribution in [2.45, 2.75) is 30.8 Å². The molecule has 0 heterocycles. The molecule has 35 heavy (non-hydrogen) atoms. The molecule has 0 aromatic heterocycles. The Morgan fingerprint density at radius 3 is 2.11 bits per heavy atom. The van der Waals surface area contributed by atoms with Gasteiger partial charge in [0.1, 0.15) is 18.2 Å². The summed E-state index contributed by atoms with van der Waals surface area (Å²) in [6.07, 6.45) is -0.606. The fraction of sp³-hybridized carbons (Fsp3) is 0.423. The largest absolute Gasteiger partial charge is 0.480 e. The molecule has 0 fully saturated rings. The van der Waals surface area contributed by atoms with Crippen LogP contribution in [0, 0.1) is 0 Å². The molecule has 188 valence electrons. The average Bonchev–Trinajstić information content (AvgIpc) is 3.15. The minimum absolute atomic E-state index is 0.0899. The van der Waals surface area contributed by atoms with Crippen LogP contribution in [0.25, 0.3) is 11.1 Å². The third kappa shape index (κ3) is 5.80. The Balaban J connectivity index is 1.73. The molecule has 2 aromatic rings. The van der Waals surface area contributed by atoms with Crippen LogP contribution >= 0.6 is 0 Å². The fourth-order valence-corrected chi connectivity index (χ4v) is 4.43. The highest BCUT2D eigenvalue weighted by molar-refractivity contribution is 5.93. The van der Waals surface area contributed by atoms with E-state index in [0.717, 1.165) is 22.3 Å². The van der Waals surface area contributed by atoms with Gasteiger partial charge in [0.15, 0.2) is 0 Å². The van der Waals surface area contributed by atoms with Gasteiger partial charge in [0, 0.05) is 19.6 Å². The monoisotopic (exact) mass is 483 g/mol. The molecule has 0 saturated heterocycles. The number of ether oxygens (including phenoxy) is 2. The quantitative estimate of drug-likeness (QED) is 0.449. The number of nitrogens with zero attached hydrogens (tertiary/aromatic N) is 1. The van der Waals surface area contributed by atoms with E-state index in [2.05, 4.69) is 10.6 Å². The number of alkyl carbamates (subject to hydrolysis) is 1. The molecule has 2 atom stereocenters. The first-order valence-electron chi connectivity index (χ1n) is 11.5. The summed E-state index contributed by atoms with van der Waals surface area (Å²) >= 11 is 0. The van der Waals surface area contributed by atoms with Crippen molar-refractivity contribution in [1.82, 2.24) is 15.5 Å². The van der Waals surface area contributed by atoms with Crippen LogP contribution in [0.1, 0.15) is 30.4 Å². The van der Waals surface area contributed by atoms with E-state index >= 15 is 0 Å². The molecule has 2 amide bonds. The maximum atomic E-state index is 13.2. The molecule has 0 radical (unpaired) electrons. The number of carbonyl (C=O) groups excluding carboxylic acids is 2. The summed E-state index contributed by atoms with van der Waals surface area (Å²) in [5, 5.41) is 14.7. The summed E-state index contributed by atoms with van der Waals surface area (Å²) in [5.74, 6) is -1.95. The van der Waals surface area contributed by atoms with Gasteiger partial charge in [0.2, 0.25) is 5.91 Å². The molecule has 2 unspecified atom stereocenters. The van der Waals surface area contributed by atoms with Gasteiger partial charge in [-0.3, -0.25) is 4.79 Å². The second-order valence-electron chi connectivity index (χ2n) is 8.95. The smallest absolute Gasteiger partial charge is 0.408 e. The van der Waals surface area contributed by atoms with Crippen molar-refractivity contribution in [3.63, 3.8) is 0 Å². The molecule has 9 heteroatoms. The average molecular weight is 484 g/mol. The van der Waals surface area contributed by atoms with Gasteiger partial charge in [-0.15, -0.1) is 0 Å². The number of fused-ring (bicyclic) bond motifs is 3. The Kier molecular flexibility index (Phi) is 8.48. The Hall–Kier alpha value is -3.43. The molecule has 1 aliphatic carbocycles. The number of hydrogen-bond donors (Lipinski definition) is 3. The summed E-state index contributed by atoms with van der Waals surface area (Å²) in [7, 11) is 4.82. The summed E-state index contributed by atoms with van der Waals surface area (Å²) in [6, 6.07) is 14.9. The van der Waals surface area contributed by atoms with Crippen molar-refractivity contribution < 1.29 is 29.0 Å². The molecule has 1 aliphatic rings. The molecule has 0 saturated carbocycles. The number of carboxylic acid groups (broad SMARTS) is 1. The van der Waals surface area contributed by atoms with Crippen molar-refractivity contribution >= 4 is 18.0 Å². The zero-order chi connectivity index (χ0) is 25.6. The van der Waals surface area contributed by atoms with Crippen LogP contribution in [0.5, 0.6) is 0 Å². The van der Waals surface area contributed by atoms with Crippen LogP contribution in [0.4, 0.5) is 4.79 Å². The molecular formula is C26H33N3O6. The standard InChI is InChI=1S/C26H33N3O6/c1-5-26(16-34-4,24(32)27-22(23(30)31)14-29(2)3)28-25(33)35-15-21-19-12-8-6-10-17(19)18-11-7-9-13-20(18)21/h6-13,21-22H,5,14-16H2,1-4H3,(H,27,32)(H,28,33)(H,30,31). The van der Waals surface area contributed by atoms with Crippen LogP contribution in [-0.4, -0.2) is 80.5 Å². The lowest BCUT2D eigenvalue weighted by Crippen LogP contribution is -2.64. The highest BCUT2D eigenvalue weighted by Crippen LogP contribution is 2.44. The highest BCUT2D eigenvalue weighted by atomic mass is 16.5. The van der Waals surface area contributed by atoms with Gasteiger partial charge in [0.05, 0.1) is 6.61 Å². The van der Waals surface area contributed by atoms with Gasteiger partial charge in [-0.1, -0.05) is 55.5 Å². The van der Waals surface area contributed by atoms with Crippen molar-refractivity contribution in [3.05, 3.63) is 59.7 Å². The zero-order valence-electron chi connectivity index (χ0n) is 20.5. The maximum Gasteiger partial charge on any atom is 0.408 e. The van der Waals surface area contributed by atoms with E-state index in [-0.39, 0.29) is 32.1 Å². The van der Waals surface area contributed by atoms with E-state index in [1.165, 1.54) is 7.11 Å². The molecule has 0 bridgehead atoms. The van der Waals surface area contributed by atoms with Crippen LogP contribution in [0.3, 0.4) is 0 Å². The van der Waals surface area contributed by atoms with E-state index in [0.29, 0.717) is 0 Å². The third-order valence-corrected chi connectivity index (χ3v) is 6.27. The predicted molar refractivity (Wildman–Crippen MR) is 131 cm³/mol. The van der Waals surface area contributed by atoms with Crippen LogP contribution < -0.4 is 10.6 Å². The van der Waals surface area contributed by atoms with Gasteiger partial charge >= 0.3 is 12.1 Å². The molecule has 3 N–H and O–H groups in total. The van der Waals surface area contributed by atoms with Crippen molar-refractivity contribution in [2.24, 2.45) is 0 Å². The lowest BCUT2D eigenvalue weighted by Gasteiger charge is -2.33. The SMILES string of the molecule is CCC(COC)(NC(=O)OCC1c2ccccc2-c2ccccc21)C(=O)NC(CN(C)C)C(=O)O. The number of methoxy groups -OCH3 is 1. The normalized spacial score (nSPS) is 15.0. The molecule has 9 nitrogen and oxygen atoms in total. The van der Waals surface area contributed by atoms with E-state index in [1.807, 2.05) is 48.5 Å². The Labute approximate surface area is 205 Å². The van der Waals surface area contributed by atoms with Crippen LogP contribution in [0.2, 0.25) is 0 Å². The minimum atomic E-state index is -1.49. The number of aliphatic carboxylic acids is 1. The van der Waals surface area contributed by atoms with Crippen LogP contribution in [0.15, 0.2) is 48.5 Å². The highest BCUT2D eigenvalue weighted by Gasteiger charge is 2.41. The number of amides is 2. The number of benzene rings is 2. The van der Waals surface area contributed by atoms with E-state index in [1.54, 1.807) is 25.9 Å². The Bertz CT molecular complexity index is 1030. The van der Waals surface area contributed by atoms with Crippen molar-refractivity contribution in [1.29, 1.82) is 0 Å². The first-order valence-corrected chi connectivity index (χ1v) is 11.5. The summed E-state index contributed by atoms with van der Waals surface area (Å²) in [4.78, 5) is 39.3. The van der Waals surface area contributed by atoms with Gasteiger partial charge in [0.25, 0.3) is 0 Å². The molecule has 0 spiro atoms. The van der Waals surface area contributed by atoms with E-state index in [9.17, 15) is 19.5 Å². The minimum Gasteiger partial charge on any atom is -0.480 e. The topological polar surface area (TPSA) is 117 Å². The van der Waals surface area contributed by atoms with E-state index < -0.39 is 29.6 Å². The van der Waals surface area contributed by atoms with E-state index in [4.69, 9.17) is 9.47 Å². The van der Waals surface area contributed by atoms with Crippen molar-refractivity contribution in [2.75, 3.05) is 41.0 Å². The molecular weight excluding hydrogens is 450 g/mol. The third-order valence-electron chi connectivity index (χ3n) is 6.27. The lowest BCUT2D eigenvalue weighted by atomic mass is 9.95. The first-order chi connectivity index (χ1) is 16.7. The Morgan fingerprint density at radius 2 is 1.63 bits per heavy atom. The van der Waals surface area contributed by atoms with Gasteiger partial charge in [-0.25, -0.2) is 9.59 Å². The van der Waals surface area contributed by atoms with Crippen LogP contribution in [-0.2, 0) is 19.1 Å². The first kappa shape index (κ1) is 26.2. The molecule has 0 aliphatic heterocycles. The predicted octanol–water partition coefficient (Wildman–Crippen LogP) is 2.45. The van der Waals surface area contributed by atoms with Gasteiger partial charge in [-0.05, 0) is 42.8 Å². The number of hydrogen-bond acceptors (Lipinski definition) is 6. The number of rotatable bonds is 11. The maximum absolute atomic E-state index is 13.2. The lowest BCUT2D eigenvalue weighted by molar-refractivity contribution is -0.144. The second-order valence-corrected chi connectivity index (χ2v) is 8.95. The summed E-state index contributed by atoms with van der Waals surface area (Å²) in [5.41, 5.74) is 2.88. The number of likely N-dealkylation sites (N-methyl/N-ethyl adjacent to an activating group) is 1. The van der Waals surface area contributed by atoms with Crippen molar-refractivity contribution in [3.8, 4) is 11.1 Å².